The second-order valence-electron chi connectivity index (χ2n) is 4.40. The van der Waals surface area contributed by atoms with E-state index >= 15 is 0 Å². The van der Waals surface area contributed by atoms with Gasteiger partial charge in [0.1, 0.15) is 0 Å². The summed E-state index contributed by atoms with van der Waals surface area (Å²) < 4.78 is 0. The van der Waals surface area contributed by atoms with Crippen LogP contribution in [0.2, 0.25) is 0 Å². The van der Waals surface area contributed by atoms with E-state index in [9.17, 15) is 4.79 Å². The van der Waals surface area contributed by atoms with Gasteiger partial charge in [-0.2, -0.15) is 0 Å². The number of allylic oxidation sites excluding steroid dienone is 4. The van der Waals surface area contributed by atoms with Crippen LogP contribution in [0.3, 0.4) is 0 Å². The maximum atomic E-state index is 11.7. The van der Waals surface area contributed by atoms with E-state index in [2.05, 4.69) is 24.8 Å². The number of rotatable bonds is 2. The molecule has 1 saturated carbocycles. The largest absolute Gasteiger partial charge is 0.289 e. The molecule has 0 aliphatic heterocycles. The summed E-state index contributed by atoms with van der Waals surface area (Å²) in [5.41, 5.74) is 3.89. The Morgan fingerprint density at radius 1 is 1.24 bits per heavy atom. The number of hydrogen-bond donors (Lipinski definition) is 0. The van der Waals surface area contributed by atoms with Crippen LogP contribution in [0, 0.1) is 0 Å². The van der Waals surface area contributed by atoms with Crippen LogP contribution in [0.25, 0.3) is 6.08 Å². The molecular weight excluding hydrogens is 208 g/mol. The van der Waals surface area contributed by atoms with Crippen LogP contribution in [0.1, 0.15) is 25.3 Å². The fourth-order valence-corrected chi connectivity index (χ4v) is 2.01. The topological polar surface area (TPSA) is 17.1 Å². The van der Waals surface area contributed by atoms with Crippen molar-refractivity contribution in [3.8, 4) is 0 Å². The standard InChI is InChI=1S/C16H16O/c1-12(10-14-6-4-3-5-7-14)11-15-9-8-13(2)16(15)17/h3-7,10-11H,2,8-9H2,1H3/b12-10+,15-11+. The summed E-state index contributed by atoms with van der Waals surface area (Å²) in [7, 11) is 0. The number of carbonyl (C=O) groups is 1. The molecule has 1 aliphatic carbocycles. The van der Waals surface area contributed by atoms with Crippen LogP contribution in [0.5, 0.6) is 0 Å². The molecule has 1 aliphatic rings. The second-order valence-corrected chi connectivity index (χ2v) is 4.40. The van der Waals surface area contributed by atoms with Gasteiger partial charge in [-0.3, -0.25) is 4.79 Å². The van der Waals surface area contributed by atoms with Crippen molar-refractivity contribution < 1.29 is 4.79 Å². The van der Waals surface area contributed by atoms with E-state index in [0.29, 0.717) is 0 Å². The van der Waals surface area contributed by atoms with Gasteiger partial charge in [0.05, 0.1) is 0 Å². The Labute approximate surface area is 102 Å². The van der Waals surface area contributed by atoms with Crippen LogP contribution in [-0.4, -0.2) is 5.78 Å². The summed E-state index contributed by atoms with van der Waals surface area (Å²) in [6.45, 7) is 5.79. The van der Waals surface area contributed by atoms with Crippen LogP contribution in [-0.2, 0) is 4.79 Å². The van der Waals surface area contributed by atoms with Gasteiger partial charge in [0.25, 0.3) is 0 Å². The normalized spacial score (nSPS) is 19.1. The van der Waals surface area contributed by atoms with E-state index in [1.54, 1.807) is 0 Å². The van der Waals surface area contributed by atoms with Gasteiger partial charge in [-0.1, -0.05) is 54.6 Å². The highest BCUT2D eigenvalue weighted by atomic mass is 16.1. The lowest BCUT2D eigenvalue weighted by Gasteiger charge is -1.97. The van der Waals surface area contributed by atoms with E-state index in [1.165, 1.54) is 0 Å². The summed E-state index contributed by atoms with van der Waals surface area (Å²) in [5.74, 6) is 0.130. The number of hydrogen-bond acceptors (Lipinski definition) is 1. The lowest BCUT2D eigenvalue weighted by molar-refractivity contribution is -0.111. The first-order valence-corrected chi connectivity index (χ1v) is 5.83. The first kappa shape index (κ1) is 11.6. The number of Topliss-reactive ketones (excluding diaryl/α,β-unsaturated/α-hetero) is 1. The molecule has 0 heterocycles. The predicted molar refractivity (Wildman–Crippen MR) is 71.6 cm³/mol. The van der Waals surface area contributed by atoms with Crippen molar-refractivity contribution in [3.63, 3.8) is 0 Å². The van der Waals surface area contributed by atoms with Crippen LogP contribution < -0.4 is 0 Å². The highest BCUT2D eigenvalue weighted by molar-refractivity contribution is 6.10. The van der Waals surface area contributed by atoms with Crippen molar-refractivity contribution in [1.29, 1.82) is 0 Å². The molecule has 17 heavy (non-hydrogen) atoms. The Morgan fingerprint density at radius 2 is 1.94 bits per heavy atom. The summed E-state index contributed by atoms with van der Waals surface area (Å²) in [5, 5.41) is 0. The maximum absolute atomic E-state index is 11.7. The quantitative estimate of drug-likeness (QED) is 0.695. The van der Waals surface area contributed by atoms with Gasteiger partial charge < -0.3 is 0 Å². The average molecular weight is 224 g/mol. The monoisotopic (exact) mass is 224 g/mol. The van der Waals surface area contributed by atoms with E-state index < -0.39 is 0 Å². The van der Waals surface area contributed by atoms with Gasteiger partial charge in [0, 0.05) is 5.57 Å². The molecule has 0 unspecified atom stereocenters. The van der Waals surface area contributed by atoms with E-state index in [0.717, 1.165) is 35.1 Å². The van der Waals surface area contributed by atoms with Crippen molar-refractivity contribution in [2.45, 2.75) is 19.8 Å². The van der Waals surface area contributed by atoms with E-state index in [4.69, 9.17) is 0 Å². The zero-order valence-electron chi connectivity index (χ0n) is 10.1. The molecule has 0 amide bonds. The molecule has 86 valence electrons. The Kier molecular flexibility index (Phi) is 3.38. The lowest BCUT2D eigenvalue weighted by atomic mass is 10.1. The number of carbonyl (C=O) groups excluding carboxylic acids is 1. The van der Waals surface area contributed by atoms with Gasteiger partial charge in [0.2, 0.25) is 0 Å². The molecule has 0 radical (unpaired) electrons. The molecule has 2 rings (SSSR count). The smallest absolute Gasteiger partial charge is 0.184 e. The first-order chi connectivity index (χ1) is 8.16. The van der Waals surface area contributed by atoms with Crippen molar-refractivity contribution in [3.05, 3.63) is 65.3 Å². The fraction of sp³-hybridized carbons (Fsp3) is 0.188. The van der Waals surface area contributed by atoms with E-state index in [1.807, 2.05) is 31.2 Å². The fourth-order valence-electron chi connectivity index (χ4n) is 2.01. The van der Waals surface area contributed by atoms with Gasteiger partial charge >= 0.3 is 0 Å². The molecule has 0 atom stereocenters. The third kappa shape index (κ3) is 2.82. The van der Waals surface area contributed by atoms with Crippen molar-refractivity contribution in [2.75, 3.05) is 0 Å². The highest BCUT2D eigenvalue weighted by Crippen LogP contribution is 2.25. The molecule has 1 aromatic carbocycles. The predicted octanol–water partition coefficient (Wildman–Crippen LogP) is 3.94. The minimum Gasteiger partial charge on any atom is -0.289 e. The molecular formula is C16H16O. The maximum Gasteiger partial charge on any atom is 0.184 e. The summed E-state index contributed by atoms with van der Waals surface area (Å²) in [6, 6.07) is 10.1. The highest BCUT2D eigenvalue weighted by Gasteiger charge is 2.20. The van der Waals surface area contributed by atoms with Crippen LogP contribution in [0.15, 0.2) is 59.7 Å². The van der Waals surface area contributed by atoms with E-state index in [-0.39, 0.29) is 5.78 Å². The molecule has 0 N–H and O–H groups in total. The Morgan fingerprint density at radius 3 is 2.53 bits per heavy atom. The molecule has 1 nitrogen and oxygen atoms in total. The minimum absolute atomic E-state index is 0.130. The van der Waals surface area contributed by atoms with Crippen molar-refractivity contribution in [2.24, 2.45) is 0 Å². The zero-order chi connectivity index (χ0) is 12.3. The van der Waals surface area contributed by atoms with Gasteiger partial charge in [-0.25, -0.2) is 0 Å². The molecule has 1 fully saturated rings. The third-order valence-corrected chi connectivity index (χ3v) is 2.90. The Hall–Kier alpha value is -1.89. The second kappa shape index (κ2) is 4.96. The molecule has 0 saturated heterocycles. The first-order valence-electron chi connectivity index (χ1n) is 5.83. The average Bonchev–Trinajstić information content (AvgIpc) is 2.62. The molecule has 0 spiro atoms. The van der Waals surface area contributed by atoms with Crippen LogP contribution in [0.4, 0.5) is 0 Å². The third-order valence-electron chi connectivity index (χ3n) is 2.90. The van der Waals surface area contributed by atoms with Gasteiger partial charge in [-0.05, 0) is 30.9 Å². The zero-order valence-corrected chi connectivity index (χ0v) is 10.1. The summed E-state index contributed by atoms with van der Waals surface area (Å²) >= 11 is 0. The molecule has 1 aromatic rings. The number of ketones is 1. The SMILES string of the molecule is C=C1CC/C(=C\C(C)=C\c2ccccc2)C1=O. The molecule has 0 aromatic heterocycles. The Bertz CT molecular complexity index is 504. The van der Waals surface area contributed by atoms with Gasteiger partial charge in [-0.15, -0.1) is 0 Å². The minimum atomic E-state index is 0.130. The number of benzene rings is 1. The van der Waals surface area contributed by atoms with Crippen LogP contribution >= 0.6 is 0 Å². The summed E-state index contributed by atoms with van der Waals surface area (Å²) in [4.78, 5) is 11.7. The van der Waals surface area contributed by atoms with Crippen molar-refractivity contribution >= 4 is 11.9 Å². The molecule has 0 bridgehead atoms. The molecule has 1 heteroatoms. The van der Waals surface area contributed by atoms with Gasteiger partial charge in [0.15, 0.2) is 5.78 Å². The lowest BCUT2D eigenvalue weighted by Crippen LogP contribution is -1.94. The Balaban J connectivity index is 2.20. The van der Waals surface area contributed by atoms with Crippen molar-refractivity contribution in [1.82, 2.24) is 0 Å². The summed E-state index contributed by atoms with van der Waals surface area (Å²) in [6.07, 6.45) is 5.70.